The fraction of sp³-hybridized carbons (Fsp3) is 0.750. The molecule has 0 aliphatic heterocycles. The maximum absolute atomic E-state index is 12.7. The van der Waals surface area contributed by atoms with E-state index in [1.807, 2.05) is 6.08 Å². The molecule has 168 valence electrons. The SMILES string of the molecule is C=C(C1CCC(CC/C=C/C=C(\F)C#N)CC1)C1CCC(CCCCCCC)CC1. The van der Waals surface area contributed by atoms with Crippen molar-refractivity contribution in [1.29, 1.82) is 5.26 Å². The van der Waals surface area contributed by atoms with E-state index in [9.17, 15) is 4.39 Å². The van der Waals surface area contributed by atoms with Crippen molar-refractivity contribution in [3.05, 3.63) is 36.2 Å². The molecule has 0 heterocycles. The molecule has 0 saturated heterocycles. The first kappa shape index (κ1) is 24.9. The summed E-state index contributed by atoms with van der Waals surface area (Å²) in [6, 6.07) is 1.50. The van der Waals surface area contributed by atoms with Crippen LogP contribution in [0.15, 0.2) is 36.2 Å². The lowest BCUT2D eigenvalue weighted by atomic mass is 9.70. The molecular weight excluding hydrogens is 369 g/mol. The molecule has 2 aliphatic carbocycles. The Hall–Kier alpha value is -1.36. The predicted molar refractivity (Wildman–Crippen MR) is 127 cm³/mol. The molecule has 2 aliphatic rings. The van der Waals surface area contributed by atoms with E-state index < -0.39 is 5.83 Å². The van der Waals surface area contributed by atoms with E-state index in [0.717, 1.165) is 30.1 Å². The summed E-state index contributed by atoms with van der Waals surface area (Å²) >= 11 is 0. The fourth-order valence-corrected chi connectivity index (χ4v) is 5.63. The van der Waals surface area contributed by atoms with Gasteiger partial charge in [0.25, 0.3) is 0 Å². The van der Waals surface area contributed by atoms with E-state index in [1.54, 1.807) is 11.6 Å². The highest BCUT2D eigenvalue weighted by Gasteiger charge is 2.29. The summed E-state index contributed by atoms with van der Waals surface area (Å²) in [6.45, 7) is 6.87. The van der Waals surface area contributed by atoms with Gasteiger partial charge in [0.1, 0.15) is 6.07 Å². The molecule has 0 aromatic rings. The minimum Gasteiger partial charge on any atom is -0.195 e. The van der Waals surface area contributed by atoms with Gasteiger partial charge in [0.15, 0.2) is 5.83 Å². The third-order valence-corrected chi connectivity index (χ3v) is 7.69. The minimum atomic E-state index is -0.716. The molecule has 2 rings (SSSR count). The normalized spacial score (nSPS) is 27.8. The number of hydrogen-bond donors (Lipinski definition) is 0. The van der Waals surface area contributed by atoms with Crippen molar-refractivity contribution >= 4 is 0 Å². The van der Waals surface area contributed by atoms with Crippen LogP contribution in [0.25, 0.3) is 0 Å². The lowest BCUT2D eigenvalue weighted by Gasteiger charge is -2.36. The predicted octanol–water partition coefficient (Wildman–Crippen LogP) is 9.23. The third-order valence-electron chi connectivity index (χ3n) is 7.69. The monoisotopic (exact) mass is 413 g/mol. The van der Waals surface area contributed by atoms with Gasteiger partial charge in [-0.05, 0) is 94.0 Å². The van der Waals surface area contributed by atoms with Gasteiger partial charge in [-0.3, -0.25) is 0 Å². The largest absolute Gasteiger partial charge is 0.199 e. The standard InChI is InChI=1S/C28H44FN/c1-3-4-5-6-8-11-24-14-18-26(19-15-24)23(2)27-20-16-25(17-21-27)12-9-7-10-13-28(29)22-30/h7,10,13,24-27H,2-6,8-9,11-12,14-21H2,1H3/b10-7+,28-13-. The molecular formula is C28H44FN. The molecule has 2 heteroatoms. The van der Waals surface area contributed by atoms with E-state index in [-0.39, 0.29) is 0 Å². The molecule has 0 N–H and O–H groups in total. The third kappa shape index (κ3) is 9.20. The molecule has 0 aromatic heterocycles. The average molecular weight is 414 g/mol. The number of nitrogens with zero attached hydrogens (tertiary/aromatic N) is 1. The molecule has 2 fully saturated rings. The number of nitriles is 1. The molecule has 2 saturated carbocycles. The van der Waals surface area contributed by atoms with Gasteiger partial charge in [0, 0.05) is 0 Å². The summed E-state index contributed by atoms with van der Waals surface area (Å²) in [7, 11) is 0. The highest BCUT2D eigenvalue weighted by atomic mass is 19.1. The summed E-state index contributed by atoms with van der Waals surface area (Å²) in [4.78, 5) is 0. The Morgan fingerprint density at radius 2 is 1.47 bits per heavy atom. The van der Waals surface area contributed by atoms with Crippen LogP contribution in [-0.2, 0) is 0 Å². The first-order valence-electron chi connectivity index (χ1n) is 12.7. The Bertz CT molecular complexity index is 580. The van der Waals surface area contributed by atoms with Crippen LogP contribution in [0.3, 0.4) is 0 Å². The van der Waals surface area contributed by atoms with Crippen molar-refractivity contribution in [3.63, 3.8) is 0 Å². The second-order valence-corrected chi connectivity index (χ2v) is 9.85. The first-order chi connectivity index (χ1) is 14.6. The Kier molecular flexibility index (Phi) is 12.1. The van der Waals surface area contributed by atoms with Crippen LogP contribution in [0.4, 0.5) is 4.39 Å². The van der Waals surface area contributed by atoms with Crippen LogP contribution in [0.2, 0.25) is 0 Å². The summed E-state index contributed by atoms with van der Waals surface area (Å²) in [6.07, 6.45) is 26.5. The van der Waals surface area contributed by atoms with Crippen molar-refractivity contribution in [2.24, 2.45) is 23.7 Å². The minimum absolute atomic E-state index is 0.716. The summed E-state index contributed by atoms with van der Waals surface area (Å²) in [5.41, 5.74) is 1.58. The van der Waals surface area contributed by atoms with Gasteiger partial charge in [0.2, 0.25) is 0 Å². The van der Waals surface area contributed by atoms with Crippen LogP contribution in [0.5, 0.6) is 0 Å². The number of rotatable bonds is 12. The van der Waals surface area contributed by atoms with Gasteiger partial charge >= 0.3 is 0 Å². The summed E-state index contributed by atoms with van der Waals surface area (Å²) < 4.78 is 12.7. The van der Waals surface area contributed by atoms with Gasteiger partial charge < -0.3 is 0 Å². The van der Waals surface area contributed by atoms with Crippen molar-refractivity contribution in [1.82, 2.24) is 0 Å². The van der Waals surface area contributed by atoms with E-state index >= 15 is 0 Å². The van der Waals surface area contributed by atoms with Gasteiger partial charge in [-0.25, -0.2) is 0 Å². The van der Waals surface area contributed by atoms with Gasteiger partial charge in [-0.2, -0.15) is 9.65 Å². The molecule has 1 nitrogen and oxygen atoms in total. The van der Waals surface area contributed by atoms with E-state index in [1.165, 1.54) is 108 Å². The summed E-state index contributed by atoms with van der Waals surface area (Å²) in [5, 5.41) is 8.40. The van der Waals surface area contributed by atoms with Gasteiger partial charge in [-0.1, -0.05) is 69.8 Å². The first-order valence-corrected chi connectivity index (χ1v) is 12.7. The van der Waals surface area contributed by atoms with E-state index in [2.05, 4.69) is 13.5 Å². The summed E-state index contributed by atoms with van der Waals surface area (Å²) in [5.74, 6) is 2.60. The highest BCUT2D eigenvalue weighted by molar-refractivity contribution is 5.18. The molecule has 0 atom stereocenters. The van der Waals surface area contributed by atoms with Crippen molar-refractivity contribution in [3.8, 4) is 6.07 Å². The zero-order valence-electron chi connectivity index (χ0n) is 19.4. The van der Waals surface area contributed by atoms with Crippen molar-refractivity contribution < 1.29 is 4.39 Å². The van der Waals surface area contributed by atoms with E-state index in [0.29, 0.717) is 0 Å². The Balaban J connectivity index is 1.59. The molecule has 0 bridgehead atoms. The zero-order valence-corrected chi connectivity index (χ0v) is 19.4. The second-order valence-electron chi connectivity index (χ2n) is 9.85. The van der Waals surface area contributed by atoms with Crippen LogP contribution in [0, 0.1) is 35.0 Å². The Morgan fingerprint density at radius 1 is 0.900 bits per heavy atom. The number of allylic oxidation sites excluding steroid dienone is 5. The highest BCUT2D eigenvalue weighted by Crippen LogP contribution is 2.42. The van der Waals surface area contributed by atoms with E-state index in [4.69, 9.17) is 5.26 Å². The maximum Gasteiger partial charge on any atom is 0.199 e. The van der Waals surface area contributed by atoms with Gasteiger partial charge in [-0.15, -0.1) is 0 Å². The van der Waals surface area contributed by atoms with Crippen LogP contribution >= 0.6 is 0 Å². The van der Waals surface area contributed by atoms with Crippen molar-refractivity contribution in [2.75, 3.05) is 0 Å². The topological polar surface area (TPSA) is 23.8 Å². The number of hydrogen-bond acceptors (Lipinski definition) is 1. The molecule has 0 radical (unpaired) electrons. The molecule has 0 amide bonds. The smallest absolute Gasteiger partial charge is 0.195 e. The van der Waals surface area contributed by atoms with Crippen LogP contribution in [-0.4, -0.2) is 0 Å². The van der Waals surface area contributed by atoms with Gasteiger partial charge in [0.05, 0.1) is 0 Å². The molecule has 0 spiro atoms. The Labute approximate surface area is 185 Å². The molecule has 30 heavy (non-hydrogen) atoms. The lowest BCUT2D eigenvalue weighted by Crippen LogP contribution is -2.23. The van der Waals surface area contributed by atoms with Crippen LogP contribution < -0.4 is 0 Å². The fourth-order valence-electron chi connectivity index (χ4n) is 5.63. The number of halogens is 1. The Morgan fingerprint density at radius 3 is 2.03 bits per heavy atom. The zero-order chi connectivity index (χ0) is 21.6. The molecule has 0 aromatic carbocycles. The maximum atomic E-state index is 12.7. The molecule has 0 unspecified atom stereocenters. The second kappa shape index (κ2) is 14.6. The van der Waals surface area contributed by atoms with Crippen LogP contribution in [0.1, 0.15) is 110 Å². The average Bonchev–Trinajstić information content (AvgIpc) is 2.79. The van der Waals surface area contributed by atoms with Crippen molar-refractivity contribution in [2.45, 2.75) is 110 Å². The number of unbranched alkanes of at least 4 members (excludes halogenated alkanes) is 4. The quantitative estimate of drug-likeness (QED) is 0.135. The lowest BCUT2D eigenvalue weighted by molar-refractivity contribution is 0.239.